The number of aliphatic hydroxyl groups excluding tert-OH is 2. The van der Waals surface area contributed by atoms with Gasteiger partial charge in [0.05, 0.1) is 29.1 Å². The van der Waals surface area contributed by atoms with Crippen LogP contribution >= 0.6 is 23.5 Å². The summed E-state index contributed by atoms with van der Waals surface area (Å²) in [5.41, 5.74) is 1.67. The van der Waals surface area contributed by atoms with Gasteiger partial charge in [0.2, 0.25) is 5.95 Å². The van der Waals surface area contributed by atoms with Crippen molar-refractivity contribution in [3.63, 3.8) is 0 Å². The van der Waals surface area contributed by atoms with Crippen LogP contribution in [0.1, 0.15) is 43.8 Å². The Morgan fingerprint density at radius 2 is 2.06 bits per heavy atom. The lowest BCUT2D eigenvalue weighted by molar-refractivity contribution is -0.0601. The lowest BCUT2D eigenvalue weighted by Crippen LogP contribution is -2.40. The van der Waals surface area contributed by atoms with E-state index >= 15 is 0 Å². The topological polar surface area (TPSA) is 135 Å². The summed E-state index contributed by atoms with van der Waals surface area (Å²) in [6, 6.07) is 1.53. The first-order valence-electron chi connectivity index (χ1n) is 11.6. The van der Waals surface area contributed by atoms with Gasteiger partial charge in [0, 0.05) is 41.1 Å². The normalized spacial score (nSPS) is 26.3. The molecular weight excluding hydrogens is 472 g/mol. The highest BCUT2D eigenvalue weighted by molar-refractivity contribution is 8.00. The van der Waals surface area contributed by atoms with Crippen molar-refractivity contribution in [2.24, 2.45) is 5.92 Å². The maximum atomic E-state index is 10.7. The molecule has 9 nitrogen and oxygen atoms in total. The average molecular weight is 507 g/mol. The van der Waals surface area contributed by atoms with Crippen LogP contribution in [0.25, 0.3) is 0 Å². The molecule has 5 atom stereocenters. The smallest absolute Gasteiger partial charge is 0.224 e. The van der Waals surface area contributed by atoms with E-state index in [1.807, 2.05) is 24.8 Å². The zero-order valence-electron chi connectivity index (χ0n) is 19.9. The molecule has 2 aromatic rings. The quantitative estimate of drug-likeness (QED) is 0.280. The van der Waals surface area contributed by atoms with E-state index < -0.39 is 29.8 Å². The number of fused-ring (bicyclic) bond motifs is 1. The lowest BCUT2D eigenvalue weighted by Gasteiger charge is -2.28. The van der Waals surface area contributed by atoms with Crippen LogP contribution in [0.15, 0.2) is 23.4 Å². The van der Waals surface area contributed by atoms with Gasteiger partial charge in [-0.3, -0.25) is 4.98 Å². The number of aliphatic hydroxyl groups is 3. The van der Waals surface area contributed by atoms with Crippen LogP contribution in [-0.4, -0.2) is 72.2 Å². The van der Waals surface area contributed by atoms with E-state index in [1.54, 1.807) is 38.0 Å². The van der Waals surface area contributed by atoms with Crippen LogP contribution in [0.3, 0.4) is 0 Å². The third-order valence-corrected chi connectivity index (χ3v) is 8.47. The molecule has 3 heterocycles. The van der Waals surface area contributed by atoms with Gasteiger partial charge in [-0.25, -0.2) is 4.98 Å². The first-order chi connectivity index (χ1) is 16.2. The van der Waals surface area contributed by atoms with E-state index in [2.05, 4.69) is 32.8 Å². The number of nitrogens with one attached hydrogen (secondary N) is 3. The van der Waals surface area contributed by atoms with Crippen molar-refractivity contribution in [3.05, 3.63) is 29.7 Å². The summed E-state index contributed by atoms with van der Waals surface area (Å²) < 4.78 is 0. The van der Waals surface area contributed by atoms with Crippen molar-refractivity contribution in [2.75, 3.05) is 34.0 Å². The monoisotopic (exact) mass is 506 g/mol. The first kappa shape index (κ1) is 25.3. The van der Waals surface area contributed by atoms with E-state index in [1.165, 1.54) is 0 Å². The Hall–Kier alpha value is -1.79. The summed E-state index contributed by atoms with van der Waals surface area (Å²) in [7, 11) is 0. The number of rotatable bonds is 9. The molecule has 11 heteroatoms. The highest BCUT2D eigenvalue weighted by Crippen LogP contribution is 2.49. The number of anilines is 3. The second-order valence-electron chi connectivity index (χ2n) is 9.26. The molecule has 0 amide bonds. The number of aryl methyl sites for hydroxylation is 1. The SMILES string of the molecule is CCSCCNc1ncc(C2Nc3c(ccnc3C)S2)c(NC2CC(C(C)(C)O)C(O)C2O)n1. The van der Waals surface area contributed by atoms with Crippen molar-refractivity contribution in [2.45, 2.75) is 68.2 Å². The third kappa shape index (κ3) is 5.38. The van der Waals surface area contributed by atoms with Crippen LogP contribution in [0.5, 0.6) is 0 Å². The first-order valence-corrected chi connectivity index (χ1v) is 13.6. The van der Waals surface area contributed by atoms with Crippen LogP contribution in [0.2, 0.25) is 0 Å². The van der Waals surface area contributed by atoms with E-state index in [4.69, 9.17) is 4.98 Å². The molecule has 4 rings (SSSR count). The van der Waals surface area contributed by atoms with Gasteiger partial charge < -0.3 is 31.3 Å². The van der Waals surface area contributed by atoms with E-state index in [0.717, 1.165) is 39.9 Å². The maximum Gasteiger partial charge on any atom is 0.224 e. The van der Waals surface area contributed by atoms with E-state index in [9.17, 15) is 15.3 Å². The standard InChI is InChI=1S/C23H34N6O3S2/c1-5-33-9-8-25-22-26-11-13(21-28-17-12(2)24-7-6-16(17)34-21)20(29-22)27-15-10-14(23(3,4)32)18(30)19(15)31/h6-7,11,14-15,18-19,21,28,30-32H,5,8-10H2,1-4H3,(H2,25,26,27,29). The predicted octanol–water partition coefficient (Wildman–Crippen LogP) is 2.85. The van der Waals surface area contributed by atoms with E-state index in [0.29, 0.717) is 18.2 Å². The molecule has 1 aliphatic carbocycles. The van der Waals surface area contributed by atoms with Gasteiger partial charge in [0.15, 0.2) is 0 Å². The molecule has 2 aliphatic rings. The molecule has 6 N–H and O–H groups in total. The Labute approximate surface area is 209 Å². The highest BCUT2D eigenvalue weighted by atomic mass is 32.2. The Morgan fingerprint density at radius 3 is 2.74 bits per heavy atom. The summed E-state index contributed by atoms with van der Waals surface area (Å²) in [5, 5.41) is 41.8. The third-order valence-electron chi connectivity index (χ3n) is 6.37. The van der Waals surface area contributed by atoms with Crippen molar-refractivity contribution in [3.8, 4) is 0 Å². The van der Waals surface area contributed by atoms with Gasteiger partial charge in [-0.15, -0.1) is 0 Å². The molecule has 1 aliphatic heterocycles. The molecule has 34 heavy (non-hydrogen) atoms. The van der Waals surface area contributed by atoms with Gasteiger partial charge in [-0.2, -0.15) is 16.7 Å². The summed E-state index contributed by atoms with van der Waals surface area (Å²) in [4.78, 5) is 14.8. The molecule has 0 spiro atoms. The molecular formula is C23H34N6O3S2. The molecule has 1 fully saturated rings. The number of pyridine rings is 1. The van der Waals surface area contributed by atoms with Crippen molar-refractivity contribution in [1.29, 1.82) is 0 Å². The second-order valence-corrected chi connectivity index (χ2v) is 11.8. The van der Waals surface area contributed by atoms with Crippen molar-refractivity contribution in [1.82, 2.24) is 15.0 Å². The van der Waals surface area contributed by atoms with Gasteiger partial charge in [-0.1, -0.05) is 18.7 Å². The summed E-state index contributed by atoms with van der Waals surface area (Å²) >= 11 is 3.51. The second kappa shape index (κ2) is 10.4. The number of thioether (sulfide) groups is 2. The van der Waals surface area contributed by atoms with Crippen molar-refractivity contribution < 1.29 is 15.3 Å². The van der Waals surface area contributed by atoms with Crippen LogP contribution in [0.4, 0.5) is 17.5 Å². The summed E-state index contributed by atoms with van der Waals surface area (Å²) in [5.74, 6) is 2.65. The summed E-state index contributed by atoms with van der Waals surface area (Å²) in [6.45, 7) is 8.17. The molecule has 186 valence electrons. The minimum Gasteiger partial charge on any atom is -0.390 e. The van der Waals surface area contributed by atoms with Crippen LogP contribution in [-0.2, 0) is 0 Å². The van der Waals surface area contributed by atoms with E-state index in [-0.39, 0.29) is 5.37 Å². The summed E-state index contributed by atoms with van der Waals surface area (Å²) in [6.07, 6.45) is 1.97. The Balaban J connectivity index is 1.59. The molecule has 0 bridgehead atoms. The van der Waals surface area contributed by atoms with Crippen LogP contribution < -0.4 is 16.0 Å². The minimum absolute atomic E-state index is 0.126. The minimum atomic E-state index is -1.11. The molecule has 0 aromatic carbocycles. The largest absolute Gasteiger partial charge is 0.390 e. The Bertz CT molecular complexity index is 1010. The highest BCUT2D eigenvalue weighted by Gasteiger charge is 2.48. The van der Waals surface area contributed by atoms with Gasteiger partial charge in [-0.05, 0) is 39.0 Å². The number of hydrogen-bond donors (Lipinski definition) is 6. The fourth-order valence-corrected chi connectivity index (χ4v) is 6.19. The van der Waals surface area contributed by atoms with Gasteiger partial charge in [0.25, 0.3) is 0 Å². The fourth-order valence-electron chi connectivity index (χ4n) is 4.46. The van der Waals surface area contributed by atoms with Crippen LogP contribution in [0, 0.1) is 12.8 Å². The Morgan fingerprint density at radius 1 is 1.26 bits per heavy atom. The number of nitrogens with zero attached hydrogens (tertiary/aromatic N) is 3. The number of aromatic nitrogens is 3. The van der Waals surface area contributed by atoms with Crippen molar-refractivity contribution >= 4 is 41.0 Å². The van der Waals surface area contributed by atoms with Gasteiger partial charge in [0.1, 0.15) is 17.3 Å². The Kier molecular flexibility index (Phi) is 7.78. The maximum absolute atomic E-state index is 10.7. The predicted molar refractivity (Wildman–Crippen MR) is 139 cm³/mol. The fraction of sp³-hybridized carbons (Fsp3) is 0.609. The average Bonchev–Trinajstić information content (AvgIpc) is 3.34. The number of hydrogen-bond acceptors (Lipinski definition) is 11. The molecule has 1 saturated carbocycles. The molecule has 0 radical (unpaired) electrons. The lowest BCUT2D eigenvalue weighted by atomic mass is 9.88. The molecule has 0 saturated heterocycles. The molecule has 2 aromatic heterocycles. The van der Waals surface area contributed by atoms with Gasteiger partial charge >= 0.3 is 0 Å². The zero-order chi connectivity index (χ0) is 24.5. The zero-order valence-corrected chi connectivity index (χ0v) is 21.6. The molecule has 5 unspecified atom stereocenters.